The van der Waals surface area contributed by atoms with Crippen molar-refractivity contribution in [1.29, 1.82) is 0 Å². The molecule has 5 rings (SSSR count). The minimum Gasteiger partial charge on any atom is -0.473 e. The molecule has 0 unspecified atom stereocenters. The second-order valence-corrected chi connectivity index (χ2v) is 9.90. The van der Waals surface area contributed by atoms with Crippen molar-refractivity contribution in [3.05, 3.63) is 173 Å². The molecule has 2 N–H and O–H groups in total. The van der Waals surface area contributed by atoms with Gasteiger partial charge in [-0.1, -0.05) is 133 Å². The van der Waals surface area contributed by atoms with Gasteiger partial charge >= 0.3 is 0 Å². The predicted octanol–water partition coefficient (Wildman–Crippen LogP) is 7.64. The highest BCUT2D eigenvalue weighted by Crippen LogP contribution is 2.41. The van der Waals surface area contributed by atoms with Crippen LogP contribution in [0.25, 0.3) is 0 Å². The molecule has 0 aliphatic rings. The Hall–Kier alpha value is -4.61. The largest absolute Gasteiger partial charge is 0.473 e. The van der Waals surface area contributed by atoms with Crippen molar-refractivity contribution >= 4 is 23.1 Å². The molecule has 0 heterocycles. The number of nitrogens with two attached hydrogens (primary N) is 1. The fourth-order valence-electron chi connectivity index (χ4n) is 4.41. The maximum atomic E-state index is 6.94. The van der Waals surface area contributed by atoms with Crippen molar-refractivity contribution in [3.63, 3.8) is 0 Å². The Labute approximate surface area is 233 Å². The molecule has 0 atom stereocenters. The number of benzene rings is 5. The van der Waals surface area contributed by atoms with Crippen LogP contribution >= 0.6 is 11.8 Å². The van der Waals surface area contributed by atoms with Gasteiger partial charge in [0.05, 0.1) is 6.21 Å². The molecule has 0 fully saturated rings. The molecule has 192 valence electrons. The molecule has 0 radical (unpaired) electrons. The van der Waals surface area contributed by atoms with Crippen LogP contribution in [0, 0.1) is 0 Å². The monoisotopic (exact) mass is 527 g/mol. The van der Waals surface area contributed by atoms with Gasteiger partial charge in [0, 0.05) is 22.4 Å². The Kier molecular flexibility index (Phi) is 8.51. The Bertz CT molecular complexity index is 1410. The first-order valence-corrected chi connectivity index (χ1v) is 13.7. The van der Waals surface area contributed by atoms with Gasteiger partial charge < -0.3 is 10.5 Å². The van der Waals surface area contributed by atoms with Crippen LogP contribution in [0.1, 0.15) is 27.8 Å². The zero-order valence-electron chi connectivity index (χ0n) is 21.4. The van der Waals surface area contributed by atoms with Crippen molar-refractivity contribution < 1.29 is 4.74 Å². The van der Waals surface area contributed by atoms with Crippen LogP contribution in [0.15, 0.2) is 156 Å². The van der Waals surface area contributed by atoms with Crippen molar-refractivity contribution in [1.82, 2.24) is 0 Å². The van der Waals surface area contributed by atoms with Gasteiger partial charge in [0.25, 0.3) is 0 Å². The van der Waals surface area contributed by atoms with Crippen LogP contribution in [0.4, 0.5) is 0 Å². The molecule has 5 aromatic rings. The van der Waals surface area contributed by atoms with Crippen molar-refractivity contribution in [2.45, 2.75) is 11.4 Å². The van der Waals surface area contributed by atoms with Gasteiger partial charge in [-0.3, -0.25) is 0 Å². The van der Waals surface area contributed by atoms with E-state index in [0.717, 1.165) is 33.8 Å². The summed E-state index contributed by atoms with van der Waals surface area (Å²) in [6.45, 7) is 0. The first-order valence-electron chi connectivity index (χ1n) is 12.7. The maximum Gasteiger partial charge on any atom is 0.184 e. The summed E-state index contributed by atoms with van der Waals surface area (Å²) in [5.41, 5.74) is 10.4. The molecule has 0 bridgehead atoms. The third kappa shape index (κ3) is 6.46. The molecule has 0 aliphatic heterocycles. The highest BCUT2D eigenvalue weighted by molar-refractivity contribution is 8.13. The van der Waals surface area contributed by atoms with Gasteiger partial charge in [0.2, 0.25) is 0 Å². The third-order valence-electron chi connectivity index (χ3n) is 6.28. The lowest BCUT2D eigenvalue weighted by atomic mass is 9.80. The van der Waals surface area contributed by atoms with Crippen LogP contribution in [0.5, 0.6) is 5.75 Å². The standard InChI is InChI=1S/C34H29N3OS/c35-33(39-26-28-13-5-1-6-14-28)37-36-25-27-21-23-32(24-22-27)38-34(29-15-7-2-8-16-29,30-17-9-3-10-18-30)31-19-11-4-12-20-31/h1-25H,26H2,(H2,35,37). The summed E-state index contributed by atoms with van der Waals surface area (Å²) in [6.07, 6.45) is 1.69. The molecular weight excluding hydrogens is 498 g/mol. The Balaban J connectivity index is 1.39. The smallest absolute Gasteiger partial charge is 0.184 e. The quantitative estimate of drug-likeness (QED) is 0.0927. The van der Waals surface area contributed by atoms with E-state index in [9.17, 15) is 0 Å². The van der Waals surface area contributed by atoms with Crippen molar-refractivity contribution in [3.8, 4) is 5.75 Å². The van der Waals surface area contributed by atoms with Crippen LogP contribution in [-0.4, -0.2) is 11.4 Å². The SMILES string of the molecule is NC(=NN=Cc1ccc(OC(c2ccccc2)(c2ccccc2)c2ccccc2)cc1)SCc1ccccc1. The zero-order valence-corrected chi connectivity index (χ0v) is 22.2. The normalized spacial score (nSPS) is 11.9. The summed E-state index contributed by atoms with van der Waals surface area (Å²) in [5.74, 6) is 1.49. The Morgan fingerprint density at radius 2 is 1.10 bits per heavy atom. The van der Waals surface area contributed by atoms with E-state index in [1.54, 1.807) is 6.21 Å². The van der Waals surface area contributed by atoms with Gasteiger partial charge in [-0.25, -0.2) is 0 Å². The lowest BCUT2D eigenvalue weighted by molar-refractivity contribution is 0.155. The molecule has 0 saturated heterocycles. The third-order valence-corrected chi connectivity index (χ3v) is 7.14. The average Bonchev–Trinajstić information content (AvgIpc) is 3.01. The molecular formula is C34H29N3OS. The first-order chi connectivity index (χ1) is 19.2. The van der Waals surface area contributed by atoms with E-state index in [0.29, 0.717) is 5.17 Å². The van der Waals surface area contributed by atoms with E-state index in [4.69, 9.17) is 10.5 Å². The predicted molar refractivity (Wildman–Crippen MR) is 163 cm³/mol. The first kappa shape index (κ1) is 26.0. The van der Waals surface area contributed by atoms with E-state index in [1.165, 1.54) is 17.3 Å². The Morgan fingerprint density at radius 1 is 0.641 bits per heavy atom. The van der Waals surface area contributed by atoms with Gasteiger partial charge in [-0.05, 0) is 35.4 Å². The van der Waals surface area contributed by atoms with Gasteiger partial charge in [-0.15, -0.1) is 5.10 Å². The summed E-state index contributed by atoms with van der Waals surface area (Å²) in [4.78, 5) is 0. The van der Waals surface area contributed by atoms with Gasteiger partial charge in [-0.2, -0.15) is 5.10 Å². The average molecular weight is 528 g/mol. The molecule has 5 aromatic carbocycles. The van der Waals surface area contributed by atoms with E-state index in [2.05, 4.69) is 58.7 Å². The fourth-order valence-corrected chi connectivity index (χ4v) is 5.02. The summed E-state index contributed by atoms with van der Waals surface area (Å²) >= 11 is 1.46. The molecule has 4 nitrogen and oxygen atoms in total. The summed E-state index contributed by atoms with van der Waals surface area (Å²) in [6, 6.07) is 49.0. The minimum atomic E-state index is -0.825. The molecule has 0 amide bonds. The number of ether oxygens (including phenoxy) is 1. The van der Waals surface area contributed by atoms with Gasteiger partial charge in [0.15, 0.2) is 10.8 Å². The minimum absolute atomic E-state index is 0.424. The van der Waals surface area contributed by atoms with E-state index < -0.39 is 5.60 Å². The molecule has 0 aliphatic carbocycles. The summed E-state index contributed by atoms with van der Waals surface area (Å²) in [7, 11) is 0. The van der Waals surface area contributed by atoms with Crippen LogP contribution in [0.2, 0.25) is 0 Å². The molecule has 39 heavy (non-hydrogen) atoms. The van der Waals surface area contributed by atoms with Crippen LogP contribution in [-0.2, 0) is 11.4 Å². The highest BCUT2D eigenvalue weighted by atomic mass is 32.2. The van der Waals surface area contributed by atoms with E-state index in [-0.39, 0.29) is 0 Å². The lowest BCUT2D eigenvalue weighted by Crippen LogP contribution is -2.36. The molecule has 0 spiro atoms. The van der Waals surface area contributed by atoms with Crippen LogP contribution < -0.4 is 10.5 Å². The maximum absolute atomic E-state index is 6.94. The number of amidine groups is 1. The van der Waals surface area contributed by atoms with Crippen molar-refractivity contribution in [2.24, 2.45) is 15.9 Å². The van der Waals surface area contributed by atoms with Crippen molar-refractivity contribution in [2.75, 3.05) is 0 Å². The zero-order chi connectivity index (χ0) is 26.8. The number of hydrogen-bond donors (Lipinski definition) is 1. The number of hydrogen-bond acceptors (Lipinski definition) is 4. The second-order valence-electron chi connectivity index (χ2n) is 8.91. The van der Waals surface area contributed by atoms with Crippen LogP contribution in [0.3, 0.4) is 0 Å². The molecule has 0 saturated carbocycles. The fraction of sp³-hybridized carbons (Fsp3) is 0.0588. The van der Waals surface area contributed by atoms with Gasteiger partial charge in [0.1, 0.15) is 5.75 Å². The second kappa shape index (κ2) is 12.8. The summed E-state index contributed by atoms with van der Waals surface area (Å²) < 4.78 is 6.94. The molecule has 0 aromatic heterocycles. The lowest BCUT2D eigenvalue weighted by Gasteiger charge is -2.36. The topological polar surface area (TPSA) is 60.0 Å². The Morgan fingerprint density at radius 3 is 1.59 bits per heavy atom. The molecule has 5 heteroatoms. The van der Waals surface area contributed by atoms with E-state index in [1.807, 2.05) is 97.1 Å². The number of thioether (sulfide) groups is 1. The highest BCUT2D eigenvalue weighted by Gasteiger charge is 2.38. The summed E-state index contributed by atoms with van der Waals surface area (Å²) in [5, 5.41) is 8.73. The number of nitrogens with zero attached hydrogens (tertiary/aromatic N) is 2. The number of rotatable bonds is 9. The van der Waals surface area contributed by atoms with E-state index >= 15 is 0 Å².